The Labute approximate surface area is 90.3 Å². The molecular weight excluding hydrogens is 200 g/mol. The Morgan fingerprint density at radius 3 is 1.92 bits per heavy atom. The van der Waals surface area contributed by atoms with Crippen LogP contribution in [-0.2, 0) is 4.43 Å². The Balaban J connectivity index is 0. The summed E-state index contributed by atoms with van der Waals surface area (Å²) >= 11 is 0. The molecule has 2 nitrogen and oxygen atoms in total. The van der Waals surface area contributed by atoms with Crippen LogP contribution in [0.25, 0.3) is 0 Å². The second kappa shape index (κ2) is 5.39. The minimum Gasteiger partial charge on any atom is -0.414 e. The molecule has 1 atom stereocenters. The van der Waals surface area contributed by atoms with Crippen molar-refractivity contribution in [1.82, 2.24) is 0 Å². The second-order valence-corrected chi connectivity index (χ2v) is 9.73. The summed E-state index contributed by atoms with van der Waals surface area (Å²) in [5.74, 6) is 0. The molecular formula is C9H24O2SSi. The molecule has 13 heavy (non-hydrogen) atoms. The molecule has 0 heterocycles. The summed E-state index contributed by atoms with van der Waals surface area (Å²) in [6, 6.07) is 0. The molecule has 0 bridgehead atoms. The number of hydrogen-bond donors (Lipinski definition) is 1. The van der Waals surface area contributed by atoms with Crippen LogP contribution in [0.5, 0.6) is 0 Å². The maximum absolute atomic E-state index is 9.08. The molecule has 0 aromatic heterocycles. The van der Waals surface area contributed by atoms with Crippen molar-refractivity contribution in [1.29, 1.82) is 0 Å². The highest BCUT2D eigenvalue weighted by Gasteiger charge is 2.37. The molecule has 0 radical (unpaired) electrons. The van der Waals surface area contributed by atoms with E-state index in [-0.39, 0.29) is 24.6 Å². The molecule has 0 saturated carbocycles. The van der Waals surface area contributed by atoms with Gasteiger partial charge >= 0.3 is 0 Å². The van der Waals surface area contributed by atoms with Crippen LogP contribution in [0.4, 0.5) is 0 Å². The van der Waals surface area contributed by atoms with Gasteiger partial charge in [0.1, 0.15) is 0 Å². The van der Waals surface area contributed by atoms with E-state index >= 15 is 0 Å². The third-order valence-electron chi connectivity index (χ3n) is 2.49. The lowest BCUT2D eigenvalue weighted by atomic mass is 10.2. The van der Waals surface area contributed by atoms with E-state index in [0.717, 1.165) is 0 Å². The van der Waals surface area contributed by atoms with Gasteiger partial charge in [-0.05, 0) is 25.1 Å². The summed E-state index contributed by atoms with van der Waals surface area (Å²) in [5, 5.41) is 9.32. The van der Waals surface area contributed by atoms with Crippen LogP contribution in [0.3, 0.4) is 0 Å². The second-order valence-electron chi connectivity index (χ2n) is 4.92. The smallest absolute Gasteiger partial charge is 0.192 e. The van der Waals surface area contributed by atoms with Crippen molar-refractivity contribution in [3.63, 3.8) is 0 Å². The quantitative estimate of drug-likeness (QED) is 0.747. The van der Waals surface area contributed by atoms with E-state index in [9.17, 15) is 0 Å². The Hall–Kier alpha value is 0.487. The van der Waals surface area contributed by atoms with Gasteiger partial charge in [-0.25, -0.2) is 0 Å². The fourth-order valence-corrected chi connectivity index (χ4v) is 1.64. The number of aliphatic hydroxyl groups is 1. The van der Waals surface area contributed by atoms with E-state index in [1.807, 2.05) is 0 Å². The molecule has 0 aromatic carbocycles. The molecule has 0 unspecified atom stereocenters. The molecule has 0 saturated heterocycles. The first-order valence-corrected chi connectivity index (χ1v) is 7.39. The van der Waals surface area contributed by atoms with Gasteiger partial charge < -0.3 is 9.53 Å². The van der Waals surface area contributed by atoms with Gasteiger partial charge in [-0.1, -0.05) is 20.8 Å². The lowest BCUT2D eigenvalue weighted by Gasteiger charge is -2.36. The van der Waals surface area contributed by atoms with E-state index < -0.39 is 8.32 Å². The van der Waals surface area contributed by atoms with Crippen LogP contribution in [0, 0.1) is 0 Å². The van der Waals surface area contributed by atoms with Gasteiger partial charge in [0.15, 0.2) is 8.32 Å². The molecule has 4 heteroatoms. The zero-order valence-electron chi connectivity index (χ0n) is 9.64. The lowest BCUT2D eigenvalue weighted by Crippen LogP contribution is -2.42. The number of aliphatic hydroxyl groups excluding tert-OH is 1. The molecule has 82 valence electrons. The zero-order chi connectivity index (χ0) is 9.99. The lowest BCUT2D eigenvalue weighted by molar-refractivity contribution is 0.114. The molecule has 0 amide bonds. The maximum Gasteiger partial charge on any atom is 0.192 e. The molecule has 1 N–H and O–H groups in total. The van der Waals surface area contributed by atoms with Gasteiger partial charge in [-0.2, -0.15) is 13.5 Å². The van der Waals surface area contributed by atoms with Crippen molar-refractivity contribution >= 4 is 21.8 Å². The van der Waals surface area contributed by atoms with Crippen LogP contribution in [-0.4, -0.2) is 26.1 Å². The Kier molecular flexibility index (Phi) is 6.61. The predicted octanol–water partition coefficient (Wildman–Crippen LogP) is 2.50. The molecule has 0 aliphatic rings. The van der Waals surface area contributed by atoms with Crippen molar-refractivity contribution in [3.8, 4) is 0 Å². The molecule has 0 aliphatic carbocycles. The van der Waals surface area contributed by atoms with Gasteiger partial charge in [0.25, 0.3) is 0 Å². The van der Waals surface area contributed by atoms with E-state index in [0.29, 0.717) is 6.61 Å². The summed E-state index contributed by atoms with van der Waals surface area (Å²) < 4.78 is 5.74. The highest BCUT2D eigenvalue weighted by molar-refractivity contribution is 7.59. The first-order valence-electron chi connectivity index (χ1n) is 4.49. The van der Waals surface area contributed by atoms with Crippen molar-refractivity contribution in [2.75, 3.05) is 6.61 Å². The van der Waals surface area contributed by atoms with Gasteiger partial charge in [0.05, 0.1) is 12.7 Å². The zero-order valence-corrected chi connectivity index (χ0v) is 11.6. The summed E-state index contributed by atoms with van der Waals surface area (Å²) in [5.41, 5.74) is 0. The minimum atomic E-state index is -1.63. The van der Waals surface area contributed by atoms with Gasteiger partial charge in [0.2, 0.25) is 0 Å². The van der Waals surface area contributed by atoms with Crippen LogP contribution in [0.15, 0.2) is 0 Å². The van der Waals surface area contributed by atoms with E-state index in [1.54, 1.807) is 6.92 Å². The van der Waals surface area contributed by atoms with E-state index in [1.165, 1.54) is 0 Å². The molecule has 0 aliphatic heterocycles. The van der Waals surface area contributed by atoms with Crippen molar-refractivity contribution < 1.29 is 9.53 Å². The van der Waals surface area contributed by atoms with Gasteiger partial charge in [0, 0.05) is 0 Å². The number of rotatable bonds is 3. The Morgan fingerprint density at radius 1 is 1.31 bits per heavy atom. The van der Waals surface area contributed by atoms with Crippen molar-refractivity contribution in [2.24, 2.45) is 0 Å². The van der Waals surface area contributed by atoms with Gasteiger partial charge in [-0.3, -0.25) is 0 Å². The largest absolute Gasteiger partial charge is 0.414 e. The van der Waals surface area contributed by atoms with Crippen LogP contribution < -0.4 is 0 Å². The average Bonchev–Trinajstić information content (AvgIpc) is 1.81. The Morgan fingerprint density at radius 2 is 1.69 bits per heavy atom. The molecule has 0 rings (SSSR count). The fraction of sp³-hybridized carbons (Fsp3) is 1.00. The predicted molar refractivity (Wildman–Crippen MR) is 65.2 cm³/mol. The monoisotopic (exact) mass is 224 g/mol. The first kappa shape index (κ1) is 15.9. The van der Waals surface area contributed by atoms with Crippen LogP contribution >= 0.6 is 13.5 Å². The highest BCUT2D eigenvalue weighted by Crippen LogP contribution is 2.36. The third kappa shape index (κ3) is 5.73. The normalized spacial score (nSPS) is 15.0. The van der Waals surface area contributed by atoms with Crippen molar-refractivity contribution in [3.05, 3.63) is 0 Å². The molecule has 0 fully saturated rings. The summed E-state index contributed by atoms with van der Waals surface area (Å²) in [4.78, 5) is 0. The first-order chi connectivity index (χ1) is 5.17. The minimum absolute atomic E-state index is 0. The fourth-order valence-electron chi connectivity index (χ4n) is 0.545. The summed E-state index contributed by atoms with van der Waals surface area (Å²) in [7, 11) is -1.63. The van der Waals surface area contributed by atoms with Crippen LogP contribution in [0.1, 0.15) is 27.7 Å². The van der Waals surface area contributed by atoms with E-state index in [4.69, 9.17) is 9.53 Å². The average molecular weight is 224 g/mol. The number of hydrogen-bond acceptors (Lipinski definition) is 2. The maximum atomic E-state index is 9.08. The standard InChI is InChI=1S/C9H22O2Si.H2S/c1-8(10)7-11-12(5,6)9(2,3)4;/h8,10H,7H2,1-6H3;1H2/t8-;/m0./s1. The third-order valence-corrected chi connectivity index (χ3v) is 6.99. The molecule has 0 spiro atoms. The molecule has 0 aromatic rings. The topological polar surface area (TPSA) is 29.5 Å². The van der Waals surface area contributed by atoms with Gasteiger partial charge in [-0.15, -0.1) is 0 Å². The Bertz CT molecular complexity index is 141. The van der Waals surface area contributed by atoms with Crippen molar-refractivity contribution in [2.45, 2.75) is 51.9 Å². The summed E-state index contributed by atoms with van der Waals surface area (Å²) in [6.45, 7) is 13.2. The van der Waals surface area contributed by atoms with Crippen LogP contribution in [0.2, 0.25) is 18.1 Å². The SMILES string of the molecule is C[C@H](O)CO[Si](C)(C)C(C)(C)C.S. The highest BCUT2D eigenvalue weighted by atomic mass is 32.1. The van der Waals surface area contributed by atoms with E-state index in [2.05, 4.69) is 33.9 Å². The summed E-state index contributed by atoms with van der Waals surface area (Å²) in [6.07, 6.45) is -0.348.